The molecule has 0 unspecified atom stereocenters. The number of ether oxygens (including phenoxy) is 2. The van der Waals surface area contributed by atoms with Gasteiger partial charge >= 0.3 is 0 Å². The number of halogens is 1. The number of nitrogens with one attached hydrogen (secondary N) is 1. The first kappa shape index (κ1) is 15.7. The second kappa shape index (κ2) is 6.53. The van der Waals surface area contributed by atoms with Crippen molar-refractivity contribution in [3.63, 3.8) is 0 Å². The summed E-state index contributed by atoms with van der Waals surface area (Å²) in [6.07, 6.45) is 0.405. The van der Waals surface area contributed by atoms with Crippen LogP contribution in [0.3, 0.4) is 0 Å². The first-order chi connectivity index (χ1) is 11.5. The van der Waals surface area contributed by atoms with E-state index in [1.807, 2.05) is 0 Å². The zero-order valence-corrected chi connectivity index (χ0v) is 12.5. The van der Waals surface area contributed by atoms with E-state index in [-0.39, 0.29) is 41.9 Å². The molecule has 24 heavy (non-hydrogen) atoms. The second-order valence-corrected chi connectivity index (χ2v) is 5.12. The first-order valence-corrected chi connectivity index (χ1v) is 7.15. The average Bonchev–Trinajstić information content (AvgIpc) is 3.01. The summed E-state index contributed by atoms with van der Waals surface area (Å²) in [5.74, 6) is -0.435. The summed E-state index contributed by atoms with van der Waals surface area (Å²) in [4.78, 5) is 22.7. The highest BCUT2D eigenvalue weighted by Gasteiger charge is 2.27. The molecule has 1 N–H and O–H groups in total. The van der Waals surface area contributed by atoms with Gasteiger partial charge in [-0.3, -0.25) is 14.9 Å². The van der Waals surface area contributed by atoms with Crippen molar-refractivity contribution < 1.29 is 23.6 Å². The van der Waals surface area contributed by atoms with Crippen LogP contribution in [0.4, 0.5) is 10.1 Å². The largest absolute Gasteiger partial charge is 0.454 e. The Kier molecular flexibility index (Phi) is 4.28. The van der Waals surface area contributed by atoms with E-state index in [1.54, 1.807) is 12.1 Å². The molecule has 1 amide bonds. The van der Waals surface area contributed by atoms with E-state index in [1.165, 1.54) is 24.3 Å². The number of rotatable bonds is 5. The van der Waals surface area contributed by atoms with Crippen LogP contribution >= 0.6 is 0 Å². The molecule has 2 aromatic rings. The Morgan fingerprint density at radius 1 is 1.25 bits per heavy atom. The maximum atomic E-state index is 13.1. The van der Waals surface area contributed by atoms with Crippen LogP contribution in [0.15, 0.2) is 36.4 Å². The van der Waals surface area contributed by atoms with Gasteiger partial charge in [0.15, 0.2) is 11.5 Å². The summed E-state index contributed by atoms with van der Waals surface area (Å²) in [7, 11) is 0. The van der Waals surface area contributed by atoms with Crippen molar-refractivity contribution in [2.75, 3.05) is 13.3 Å². The number of fused-ring (bicyclic) bond motifs is 1. The average molecular weight is 332 g/mol. The van der Waals surface area contributed by atoms with E-state index in [0.29, 0.717) is 6.42 Å². The summed E-state index contributed by atoms with van der Waals surface area (Å²) in [5, 5.41) is 13.7. The fourth-order valence-corrected chi connectivity index (χ4v) is 2.37. The molecular weight excluding hydrogens is 319 g/mol. The highest BCUT2D eigenvalue weighted by molar-refractivity contribution is 5.99. The van der Waals surface area contributed by atoms with Gasteiger partial charge in [0, 0.05) is 12.6 Å². The number of amides is 1. The zero-order chi connectivity index (χ0) is 17.1. The minimum Gasteiger partial charge on any atom is -0.454 e. The molecule has 0 bridgehead atoms. The highest BCUT2D eigenvalue weighted by atomic mass is 19.1. The standard InChI is InChI=1S/C16H13FN2O5/c17-11-3-1-2-10(6-11)4-5-18-16(20)12-7-14-15(24-9-23-14)8-13(12)19(21)22/h1-3,6-8H,4-5,9H2,(H,18,20). The lowest BCUT2D eigenvalue weighted by atomic mass is 10.1. The molecule has 0 aliphatic carbocycles. The summed E-state index contributed by atoms with van der Waals surface area (Å²) in [6, 6.07) is 8.47. The smallest absolute Gasteiger partial charge is 0.286 e. The Labute approximate surface area is 136 Å². The number of nitrogens with zero attached hydrogens (tertiary/aromatic N) is 1. The molecule has 1 aliphatic heterocycles. The monoisotopic (exact) mass is 332 g/mol. The molecule has 1 aliphatic rings. The van der Waals surface area contributed by atoms with E-state index in [0.717, 1.165) is 5.56 Å². The molecule has 0 atom stereocenters. The van der Waals surface area contributed by atoms with Gasteiger partial charge in [0.05, 0.1) is 11.0 Å². The van der Waals surface area contributed by atoms with Gasteiger partial charge in [-0.2, -0.15) is 0 Å². The zero-order valence-electron chi connectivity index (χ0n) is 12.5. The summed E-state index contributed by atoms with van der Waals surface area (Å²) < 4.78 is 23.3. The van der Waals surface area contributed by atoms with E-state index in [2.05, 4.69) is 5.32 Å². The van der Waals surface area contributed by atoms with Gasteiger partial charge in [0.1, 0.15) is 11.4 Å². The molecule has 0 fully saturated rings. The van der Waals surface area contributed by atoms with E-state index in [9.17, 15) is 19.3 Å². The number of nitro groups is 1. The minimum absolute atomic E-state index is 0.0445. The van der Waals surface area contributed by atoms with Crippen molar-refractivity contribution in [2.45, 2.75) is 6.42 Å². The first-order valence-electron chi connectivity index (χ1n) is 7.15. The van der Waals surface area contributed by atoms with Crippen LogP contribution in [0.25, 0.3) is 0 Å². The highest BCUT2D eigenvalue weighted by Crippen LogP contribution is 2.37. The molecule has 124 valence electrons. The van der Waals surface area contributed by atoms with Crippen molar-refractivity contribution in [1.29, 1.82) is 0 Å². The summed E-state index contributed by atoms with van der Waals surface area (Å²) in [5.41, 5.74) is 0.251. The summed E-state index contributed by atoms with van der Waals surface area (Å²) >= 11 is 0. The lowest BCUT2D eigenvalue weighted by Gasteiger charge is -2.07. The lowest BCUT2D eigenvalue weighted by molar-refractivity contribution is -0.385. The molecule has 8 heteroatoms. The number of benzene rings is 2. The Morgan fingerprint density at radius 2 is 2.00 bits per heavy atom. The predicted octanol–water partition coefficient (Wildman–Crippen LogP) is 2.44. The van der Waals surface area contributed by atoms with E-state index in [4.69, 9.17) is 9.47 Å². The number of hydrogen-bond donors (Lipinski definition) is 1. The summed E-state index contributed by atoms with van der Waals surface area (Å²) in [6.45, 7) is 0.172. The minimum atomic E-state index is -0.649. The van der Waals surface area contributed by atoms with Crippen molar-refractivity contribution >= 4 is 11.6 Å². The third-order valence-electron chi connectivity index (χ3n) is 3.52. The molecule has 0 saturated carbocycles. The molecule has 0 radical (unpaired) electrons. The molecule has 0 saturated heterocycles. The molecule has 0 spiro atoms. The van der Waals surface area contributed by atoms with Gasteiger partial charge in [-0.05, 0) is 24.1 Å². The molecule has 2 aromatic carbocycles. The number of nitro benzene ring substituents is 1. The SMILES string of the molecule is O=C(NCCc1cccc(F)c1)c1cc2c(cc1[N+](=O)[O-])OCO2. The van der Waals surface area contributed by atoms with Crippen LogP contribution in [0.1, 0.15) is 15.9 Å². The predicted molar refractivity (Wildman–Crippen MR) is 81.7 cm³/mol. The molecule has 3 rings (SSSR count). The van der Waals surface area contributed by atoms with Gasteiger partial charge < -0.3 is 14.8 Å². The van der Waals surface area contributed by atoms with E-state index >= 15 is 0 Å². The normalized spacial score (nSPS) is 12.0. The van der Waals surface area contributed by atoms with Crippen molar-refractivity contribution in [3.8, 4) is 11.5 Å². The third kappa shape index (κ3) is 3.27. The fourth-order valence-electron chi connectivity index (χ4n) is 2.37. The van der Waals surface area contributed by atoms with Gasteiger partial charge in [-0.1, -0.05) is 12.1 Å². The van der Waals surface area contributed by atoms with Gasteiger partial charge in [0.2, 0.25) is 6.79 Å². The molecular formula is C16H13FN2O5. The van der Waals surface area contributed by atoms with Crippen LogP contribution in [0, 0.1) is 15.9 Å². The number of carbonyl (C=O) groups excluding carboxylic acids is 1. The fraction of sp³-hybridized carbons (Fsp3) is 0.188. The molecule has 7 nitrogen and oxygen atoms in total. The van der Waals surface area contributed by atoms with Crippen LogP contribution in [0.2, 0.25) is 0 Å². The quantitative estimate of drug-likeness (QED) is 0.671. The molecule has 0 aromatic heterocycles. The van der Waals surface area contributed by atoms with Gasteiger partial charge in [-0.25, -0.2) is 4.39 Å². The maximum Gasteiger partial charge on any atom is 0.286 e. The number of hydrogen-bond acceptors (Lipinski definition) is 5. The van der Waals surface area contributed by atoms with E-state index < -0.39 is 10.8 Å². The Morgan fingerprint density at radius 3 is 2.71 bits per heavy atom. The van der Waals surface area contributed by atoms with Crippen molar-refractivity contribution in [3.05, 3.63) is 63.5 Å². The van der Waals surface area contributed by atoms with Crippen LogP contribution in [-0.4, -0.2) is 24.2 Å². The number of carbonyl (C=O) groups is 1. The van der Waals surface area contributed by atoms with Crippen molar-refractivity contribution in [1.82, 2.24) is 5.32 Å². The second-order valence-electron chi connectivity index (χ2n) is 5.12. The maximum absolute atomic E-state index is 13.1. The van der Waals surface area contributed by atoms with Crippen LogP contribution in [-0.2, 0) is 6.42 Å². The van der Waals surface area contributed by atoms with Gasteiger partial charge in [0.25, 0.3) is 11.6 Å². The third-order valence-corrected chi connectivity index (χ3v) is 3.52. The lowest BCUT2D eigenvalue weighted by Crippen LogP contribution is -2.26. The Hall–Kier alpha value is -3.16. The van der Waals surface area contributed by atoms with Gasteiger partial charge in [-0.15, -0.1) is 0 Å². The van der Waals surface area contributed by atoms with Crippen molar-refractivity contribution in [2.24, 2.45) is 0 Å². The van der Waals surface area contributed by atoms with Crippen LogP contribution < -0.4 is 14.8 Å². The topological polar surface area (TPSA) is 90.7 Å². The Balaban J connectivity index is 1.71. The Bertz CT molecular complexity index is 809. The van der Waals surface area contributed by atoms with Crippen LogP contribution in [0.5, 0.6) is 11.5 Å². The molecule has 1 heterocycles.